The molecule has 56 valence electrons. The first-order valence-electron chi connectivity index (χ1n) is 2.64. The van der Waals surface area contributed by atoms with Gasteiger partial charge in [0.25, 0.3) is 0 Å². The molecule has 0 amide bonds. The van der Waals surface area contributed by atoms with E-state index in [9.17, 15) is 13.2 Å². The molecule has 0 atom stereocenters. The molecule has 1 heterocycles. The van der Waals surface area contributed by atoms with E-state index in [0.717, 1.165) is 0 Å². The van der Waals surface area contributed by atoms with Crippen LogP contribution in [-0.2, 0) is 14.6 Å². The number of hydrogen-bond donors (Lipinski definition) is 1. The summed E-state index contributed by atoms with van der Waals surface area (Å²) in [5.41, 5.74) is -0.0139. The van der Waals surface area contributed by atoms with E-state index in [1.807, 2.05) is 0 Å². The fourth-order valence-corrected chi connectivity index (χ4v) is 2.02. The summed E-state index contributed by atoms with van der Waals surface area (Å²) in [5.74, 6) is -1.59. The quantitative estimate of drug-likeness (QED) is 0.560. The summed E-state index contributed by atoms with van der Waals surface area (Å²) >= 11 is 0. The van der Waals surface area contributed by atoms with Crippen LogP contribution in [0.2, 0.25) is 0 Å². The van der Waals surface area contributed by atoms with Crippen molar-refractivity contribution in [2.45, 2.75) is 0 Å². The third-order valence-corrected chi connectivity index (χ3v) is 2.66. The summed E-state index contributed by atoms with van der Waals surface area (Å²) in [5, 5.41) is 8.31. The maximum Gasteiger partial charge on any atom is 0.332 e. The minimum Gasteiger partial charge on any atom is -0.478 e. The first-order chi connectivity index (χ1) is 4.51. The van der Waals surface area contributed by atoms with Crippen molar-refractivity contribution < 1.29 is 18.3 Å². The third kappa shape index (κ3) is 1.36. The van der Waals surface area contributed by atoms with E-state index in [-0.39, 0.29) is 17.1 Å². The fourth-order valence-electron chi connectivity index (χ4n) is 0.731. The van der Waals surface area contributed by atoms with Crippen molar-refractivity contribution in [3.05, 3.63) is 11.6 Å². The highest BCUT2D eigenvalue weighted by molar-refractivity contribution is 7.92. The van der Waals surface area contributed by atoms with E-state index < -0.39 is 15.8 Å². The van der Waals surface area contributed by atoms with Gasteiger partial charge in [0.2, 0.25) is 0 Å². The van der Waals surface area contributed by atoms with Gasteiger partial charge in [0, 0.05) is 5.57 Å². The molecule has 10 heavy (non-hydrogen) atoms. The summed E-state index contributed by atoms with van der Waals surface area (Å²) < 4.78 is 21.3. The first-order valence-corrected chi connectivity index (χ1v) is 4.46. The molecule has 0 aromatic rings. The Balaban J connectivity index is 2.83. The van der Waals surface area contributed by atoms with E-state index in [0.29, 0.717) is 0 Å². The summed E-state index contributed by atoms with van der Waals surface area (Å²) in [7, 11) is -3.11. The van der Waals surface area contributed by atoms with Crippen LogP contribution in [0.3, 0.4) is 0 Å². The average Bonchev–Trinajstić information content (AvgIpc) is 2.10. The average molecular weight is 162 g/mol. The van der Waals surface area contributed by atoms with Crippen LogP contribution in [0, 0.1) is 0 Å². The minimum absolute atomic E-state index is 0.0139. The van der Waals surface area contributed by atoms with E-state index in [2.05, 4.69) is 0 Å². The van der Waals surface area contributed by atoms with Gasteiger partial charge < -0.3 is 5.11 Å². The Morgan fingerprint density at radius 3 is 2.40 bits per heavy atom. The molecule has 1 rings (SSSR count). The first kappa shape index (κ1) is 7.27. The molecule has 0 spiro atoms. The molecule has 1 aliphatic heterocycles. The second-order valence-electron chi connectivity index (χ2n) is 2.09. The minimum atomic E-state index is -3.11. The van der Waals surface area contributed by atoms with Gasteiger partial charge in [-0.2, -0.15) is 0 Å². The van der Waals surface area contributed by atoms with Crippen LogP contribution in [0.15, 0.2) is 11.6 Å². The lowest BCUT2D eigenvalue weighted by Gasteiger charge is -1.89. The zero-order valence-electron chi connectivity index (χ0n) is 5.07. The van der Waals surface area contributed by atoms with Crippen LogP contribution in [0.4, 0.5) is 0 Å². The fraction of sp³-hybridized carbons (Fsp3) is 0.400. The smallest absolute Gasteiger partial charge is 0.332 e. The summed E-state index contributed by atoms with van der Waals surface area (Å²) in [6.45, 7) is 0. The predicted octanol–water partition coefficient (Wildman–Crippen LogP) is -0.574. The van der Waals surface area contributed by atoms with Gasteiger partial charge >= 0.3 is 5.97 Å². The molecule has 0 unspecified atom stereocenters. The maximum absolute atomic E-state index is 10.6. The Bertz CT molecular complexity index is 285. The molecule has 0 aliphatic carbocycles. The lowest BCUT2D eigenvalue weighted by Crippen LogP contribution is -2.07. The summed E-state index contributed by atoms with van der Waals surface area (Å²) in [6, 6.07) is 0. The van der Waals surface area contributed by atoms with Crippen molar-refractivity contribution >= 4 is 15.8 Å². The van der Waals surface area contributed by atoms with Crippen LogP contribution in [0.5, 0.6) is 0 Å². The molecule has 1 N–H and O–H groups in total. The highest BCUT2D eigenvalue weighted by atomic mass is 32.2. The molecule has 0 aromatic carbocycles. The topological polar surface area (TPSA) is 71.4 Å². The van der Waals surface area contributed by atoms with Crippen LogP contribution < -0.4 is 0 Å². The molecule has 0 saturated heterocycles. The molecule has 4 nitrogen and oxygen atoms in total. The van der Waals surface area contributed by atoms with Crippen molar-refractivity contribution in [1.29, 1.82) is 0 Å². The van der Waals surface area contributed by atoms with Gasteiger partial charge in [-0.25, -0.2) is 13.2 Å². The Labute approximate surface area is 58.1 Å². The number of carboxylic acids is 1. The molecular formula is C5H6O4S. The lowest BCUT2D eigenvalue weighted by molar-refractivity contribution is -0.132. The predicted molar refractivity (Wildman–Crippen MR) is 34.4 cm³/mol. The molecule has 5 heteroatoms. The van der Waals surface area contributed by atoms with E-state index in [1.165, 1.54) is 6.08 Å². The maximum atomic E-state index is 10.6. The number of aliphatic carboxylic acids is 1. The summed E-state index contributed by atoms with van der Waals surface area (Å²) in [6.07, 6.45) is 1.23. The molecular weight excluding hydrogens is 156 g/mol. The van der Waals surface area contributed by atoms with Crippen LogP contribution in [-0.4, -0.2) is 31.0 Å². The molecule has 0 radical (unpaired) electrons. The van der Waals surface area contributed by atoms with Crippen molar-refractivity contribution in [2.75, 3.05) is 11.5 Å². The summed E-state index contributed by atoms with van der Waals surface area (Å²) in [4.78, 5) is 10.2. The van der Waals surface area contributed by atoms with Gasteiger partial charge in [-0.1, -0.05) is 6.08 Å². The highest BCUT2D eigenvalue weighted by Crippen LogP contribution is 2.10. The Hall–Kier alpha value is -0.840. The van der Waals surface area contributed by atoms with Crippen molar-refractivity contribution in [3.63, 3.8) is 0 Å². The SMILES string of the molecule is O=C(O)C1=CCS(=O)(=O)C1. The molecule has 0 fully saturated rings. The van der Waals surface area contributed by atoms with Crippen LogP contribution in [0.1, 0.15) is 0 Å². The third-order valence-electron chi connectivity index (χ3n) is 1.23. The largest absolute Gasteiger partial charge is 0.478 e. The normalized spacial score (nSPS) is 22.2. The molecule has 0 aromatic heterocycles. The van der Waals surface area contributed by atoms with Gasteiger partial charge in [-0.05, 0) is 0 Å². The van der Waals surface area contributed by atoms with E-state index in [1.54, 1.807) is 0 Å². The number of sulfone groups is 1. The van der Waals surface area contributed by atoms with E-state index in [4.69, 9.17) is 5.11 Å². The zero-order valence-corrected chi connectivity index (χ0v) is 5.89. The van der Waals surface area contributed by atoms with Gasteiger partial charge in [-0.15, -0.1) is 0 Å². The number of carboxylic acid groups (broad SMARTS) is 1. The Morgan fingerprint density at radius 2 is 2.20 bits per heavy atom. The second kappa shape index (κ2) is 2.09. The lowest BCUT2D eigenvalue weighted by atomic mass is 10.3. The second-order valence-corrected chi connectivity index (χ2v) is 4.20. The number of hydrogen-bond acceptors (Lipinski definition) is 3. The number of carbonyl (C=O) groups is 1. The van der Waals surface area contributed by atoms with E-state index >= 15 is 0 Å². The standard InChI is InChI=1S/C5H6O4S/c6-5(7)4-1-2-10(8,9)3-4/h1H,2-3H2,(H,6,7). The Morgan fingerprint density at radius 1 is 1.60 bits per heavy atom. The van der Waals surface area contributed by atoms with Crippen LogP contribution >= 0.6 is 0 Å². The van der Waals surface area contributed by atoms with Crippen molar-refractivity contribution in [2.24, 2.45) is 0 Å². The molecule has 0 bridgehead atoms. The number of rotatable bonds is 1. The molecule has 1 aliphatic rings. The van der Waals surface area contributed by atoms with Crippen LogP contribution in [0.25, 0.3) is 0 Å². The van der Waals surface area contributed by atoms with Gasteiger partial charge in [-0.3, -0.25) is 0 Å². The van der Waals surface area contributed by atoms with Gasteiger partial charge in [0.15, 0.2) is 9.84 Å². The van der Waals surface area contributed by atoms with Crippen molar-refractivity contribution in [3.8, 4) is 0 Å². The molecule has 0 saturated carbocycles. The monoisotopic (exact) mass is 162 g/mol. The van der Waals surface area contributed by atoms with Crippen molar-refractivity contribution in [1.82, 2.24) is 0 Å². The van der Waals surface area contributed by atoms with Gasteiger partial charge in [0.05, 0.1) is 11.5 Å². The zero-order chi connectivity index (χ0) is 7.78. The Kier molecular flexibility index (Phi) is 1.52. The highest BCUT2D eigenvalue weighted by Gasteiger charge is 2.23. The van der Waals surface area contributed by atoms with Gasteiger partial charge in [0.1, 0.15) is 0 Å².